The van der Waals surface area contributed by atoms with Crippen molar-refractivity contribution in [1.29, 1.82) is 0 Å². The molecule has 23 heavy (non-hydrogen) atoms. The van der Waals surface area contributed by atoms with Crippen LogP contribution in [-0.4, -0.2) is 38.4 Å². The molecule has 1 aromatic carbocycles. The first-order valence-electron chi connectivity index (χ1n) is 7.08. The summed E-state index contributed by atoms with van der Waals surface area (Å²) in [4.78, 5) is 10.8. The topological polar surface area (TPSA) is 63.7 Å². The number of hydrogen-bond donors (Lipinski definition) is 0. The average molecular weight is 351 g/mol. The minimum absolute atomic E-state index is 0.0661. The van der Waals surface area contributed by atoms with Gasteiger partial charge >= 0.3 is 5.97 Å². The van der Waals surface area contributed by atoms with E-state index in [-0.39, 0.29) is 25.8 Å². The Bertz CT molecular complexity index is 708. The largest absolute Gasteiger partial charge is 0.466 e. The maximum absolute atomic E-state index is 13.8. The van der Waals surface area contributed by atoms with Gasteiger partial charge in [0.05, 0.1) is 12.5 Å². The first kappa shape index (κ1) is 17.7. The lowest BCUT2D eigenvalue weighted by Crippen LogP contribution is -2.43. The van der Waals surface area contributed by atoms with Crippen molar-refractivity contribution < 1.29 is 31.1 Å². The third kappa shape index (κ3) is 3.66. The highest BCUT2D eigenvalue weighted by atomic mass is 32.2. The summed E-state index contributed by atoms with van der Waals surface area (Å²) >= 11 is 0. The SMILES string of the molecule is CCOC(=O)C1CCCN(S(=O)(=O)c2cc(F)c(F)cc2F)C1. The molecule has 1 saturated heterocycles. The molecule has 1 aliphatic rings. The molecule has 9 heteroatoms. The Morgan fingerprint density at radius 1 is 1.26 bits per heavy atom. The summed E-state index contributed by atoms with van der Waals surface area (Å²) in [6.07, 6.45) is 0.832. The molecule has 5 nitrogen and oxygen atoms in total. The van der Waals surface area contributed by atoms with Gasteiger partial charge in [-0.05, 0) is 25.8 Å². The normalized spacial score (nSPS) is 19.6. The van der Waals surface area contributed by atoms with Gasteiger partial charge in [0.1, 0.15) is 10.7 Å². The van der Waals surface area contributed by atoms with E-state index >= 15 is 0 Å². The molecular formula is C14H16F3NO4S. The predicted molar refractivity (Wildman–Crippen MR) is 74.4 cm³/mol. The Morgan fingerprint density at radius 3 is 2.57 bits per heavy atom. The number of hydrogen-bond acceptors (Lipinski definition) is 4. The van der Waals surface area contributed by atoms with Crippen LogP contribution in [0.1, 0.15) is 19.8 Å². The summed E-state index contributed by atoms with van der Waals surface area (Å²) in [6, 6.07) is 0.503. The zero-order chi connectivity index (χ0) is 17.2. The van der Waals surface area contributed by atoms with Gasteiger partial charge in [0.15, 0.2) is 11.6 Å². The van der Waals surface area contributed by atoms with Crippen molar-refractivity contribution in [2.45, 2.75) is 24.7 Å². The van der Waals surface area contributed by atoms with Gasteiger partial charge in [0.25, 0.3) is 0 Å². The van der Waals surface area contributed by atoms with Gasteiger partial charge < -0.3 is 4.74 Å². The van der Waals surface area contributed by atoms with Crippen LogP contribution in [-0.2, 0) is 19.6 Å². The van der Waals surface area contributed by atoms with Gasteiger partial charge in [0, 0.05) is 19.2 Å². The monoisotopic (exact) mass is 351 g/mol. The Morgan fingerprint density at radius 2 is 1.91 bits per heavy atom. The smallest absolute Gasteiger partial charge is 0.310 e. The number of benzene rings is 1. The molecule has 1 fully saturated rings. The number of esters is 1. The van der Waals surface area contributed by atoms with Crippen molar-refractivity contribution in [1.82, 2.24) is 4.31 Å². The summed E-state index contributed by atoms with van der Waals surface area (Å²) in [5.74, 6) is -5.49. The van der Waals surface area contributed by atoms with Crippen LogP contribution in [0.25, 0.3) is 0 Å². The van der Waals surface area contributed by atoms with Crippen LogP contribution < -0.4 is 0 Å². The molecule has 1 heterocycles. The third-order valence-electron chi connectivity index (χ3n) is 3.60. The van der Waals surface area contributed by atoms with E-state index < -0.39 is 44.3 Å². The first-order valence-corrected chi connectivity index (χ1v) is 8.52. The summed E-state index contributed by atoms with van der Waals surface area (Å²) in [5.41, 5.74) is 0. The van der Waals surface area contributed by atoms with Crippen LogP contribution in [0.2, 0.25) is 0 Å². The lowest BCUT2D eigenvalue weighted by atomic mass is 10.0. The summed E-state index contributed by atoms with van der Waals surface area (Å²) in [6.45, 7) is 1.68. The molecule has 1 aliphatic heterocycles. The quantitative estimate of drug-likeness (QED) is 0.615. The molecule has 128 valence electrons. The number of halogens is 3. The number of nitrogens with zero attached hydrogens (tertiary/aromatic N) is 1. The average Bonchev–Trinajstić information content (AvgIpc) is 2.51. The fourth-order valence-corrected chi connectivity index (χ4v) is 4.04. The van der Waals surface area contributed by atoms with Crippen molar-refractivity contribution in [3.8, 4) is 0 Å². The molecule has 0 bridgehead atoms. The molecule has 0 aromatic heterocycles. The zero-order valence-electron chi connectivity index (χ0n) is 12.4. The van der Waals surface area contributed by atoms with Gasteiger partial charge in [-0.3, -0.25) is 4.79 Å². The van der Waals surface area contributed by atoms with Crippen LogP contribution in [0.4, 0.5) is 13.2 Å². The highest BCUT2D eigenvalue weighted by Crippen LogP contribution is 2.27. The van der Waals surface area contributed by atoms with E-state index in [1.807, 2.05) is 0 Å². The van der Waals surface area contributed by atoms with Crippen molar-refractivity contribution >= 4 is 16.0 Å². The summed E-state index contributed by atoms with van der Waals surface area (Å²) < 4.78 is 70.6. The number of rotatable bonds is 4. The molecule has 0 spiro atoms. The van der Waals surface area contributed by atoms with Crippen molar-refractivity contribution in [3.05, 3.63) is 29.6 Å². The van der Waals surface area contributed by atoms with Gasteiger partial charge in [-0.1, -0.05) is 0 Å². The Hall–Kier alpha value is -1.61. The number of ether oxygens (including phenoxy) is 1. The number of piperidine rings is 1. The van der Waals surface area contributed by atoms with E-state index in [0.29, 0.717) is 18.9 Å². The molecule has 0 saturated carbocycles. The fourth-order valence-electron chi connectivity index (χ4n) is 2.45. The van der Waals surface area contributed by atoms with E-state index in [9.17, 15) is 26.4 Å². The van der Waals surface area contributed by atoms with E-state index in [1.54, 1.807) is 6.92 Å². The summed E-state index contributed by atoms with van der Waals surface area (Å²) in [5, 5.41) is 0. The van der Waals surface area contributed by atoms with Gasteiger partial charge in [-0.2, -0.15) is 4.31 Å². The molecule has 1 unspecified atom stereocenters. The van der Waals surface area contributed by atoms with Crippen molar-refractivity contribution in [3.63, 3.8) is 0 Å². The summed E-state index contributed by atoms with van der Waals surface area (Å²) in [7, 11) is -4.37. The highest BCUT2D eigenvalue weighted by molar-refractivity contribution is 7.89. The van der Waals surface area contributed by atoms with Crippen LogP contribution in [0.3, 0.4) is 0 Å². The molecule has 0 N–H and O–H groups in total. The third-order valence-corrected chi connectivity index (χ3v) is 5.48. The van der Waals surface area contributed by atoms with E-state index in [1.165, 1.54) is 0 Å². The van der Waals surface area contributed by atoms with Crippen LogP contribution in [0, 0.1) is 23.4 Å². The van der Waals surface area contributed by atoms with Crippen molar-refractivity contribution in [2.24, 2.45) is 5.92 Å². The highest BCUT2D eigenvalue weighted by Gasteiger charge is 2.35. The maximum atomic E-state index is 13.8. The molecule has 0 amide bonds. The van der Waals surface area contributed by atoms with Gasteiger partial charge in [-0.25, -0.2) is 21.6 Å². The zero-order valence-corrected chi connectivity index (χ0v) is 13.2. The minimum Gasteiger partial charge on any atom is -0.466 e. The van der Waals surface area contributed by atoms with Crippen LogP contribution in [0.5, 0.6) is 0 Å². The number of carbonyl (C=O) groups excluding carboxylic acids is 1. The molecule has 0 radical (unpaired) electrons. The lowest BCUT2D eigenvalue weighted by Gasteiger charge is -2.30. The van der Waals surface area contributed by atoms with Crippen LogP contribution in [0.15, 0.2) is 17.0 Å². The van der Waals surface area contributed by atoms with Crippen molar-refractivity contribution in [2.75, 3.05) is 19.7 Å². The lowest BCUT2D eigenvalue weighted by molar-refractivity contribution is -0.149. The second-order valence-electron chi connectivity index (χ2n) is 5.15. The maximum Gasteiger partial charge on any atom is 0.310 e. The fraction of sp³-hybridized carbons (Fsp3) is 0.500. The Balaban J connectivity index is 2.29. The predicted octanol–water partition coefficient (Wildman–Crippen LogP) is 2.07. The minimum atomic E-state index is -4.37. The van der Waals surface area contributed by atoms with Gasteiger partial charge in [0.2, 0.25) is 10.0 Å². The Labute approximate surface area is 132 Å². The van der Waals surface area contributed by atoms with Crippen LogP contribution >= 0.6 is 0 Å². The van der Waals surface area contributed by atoms with Gasteiger partial charge in [-0.15, -0.1) is 0 Å². The van der Waals surface area contributed by atoms with E-state index in [0.717, 1.165) is 4.31 Å². The second-order valence-corrected chi connectivity index (χ2v) is 7.06. The first-order chi connectivity index (χ1) is 10.8. The molecule has 0 aliphatic carbocycles. The molecule has 2 rings (SSSR count). The number of sulfonamides is 1. The molecule has 1 atom stereocenters. The molecule has 1 aromatic rings. The van der Waals surface area contributed by atoms with E-state index in [2.05, 4.69) is 0 Å². The number of carbonyl (C=O) groups is 1. The molecular weight excluding hydrogens is 335 g/mol. The van der Waals surface area contributed by atoms with E-state index in [4.69, 9.17) is 4.74 Å². The second kappa shape index (κ2) is 6.88. The Kier molecular flexibility index (Phi) is 5.30. The standard InChI is InChI=1S/C14H16F3NO4S/c1-2-22-14(19)9-4-3-5-18(8-9)23(20,21)13-7-11(16)10(15)6-12(13)17/h6-7,9H,2-5,8H2,1H3.